The Labute approximate surface area is 154 Å². The summed E-state index contributed by atoms with van der Waals surface area (Å²) in [6, 6.07) is 19.5. The standard InChI is InChI=1S/C23H24N2O/c26-22(16-7-2-1-3-8-16)11-6-14-25-17-12-13-21(25)23-18-9-4-5-10-19(18)24-20(23)15-17/h1-5,7-10,17,21,24H,6,11-15H2/t17-,21+/m0/s1. The normalized spacial score (nSPS) is 21.8. The molecule has 1 saturated heterocycles. The zero-order valence-corrected chi connectivity index (χ0v) is 14.9. The molecule has 0 radical (unpaired) electrons. The molecule has 3 aromatic rings. The lowest BCUT2D eigenvalue weighted by Crippen LogP contribution is -2.38. The van der Waals surface area contributed by atoms with Crippen LogP contribution < -0.4 is 0 Å². The molecule has 0 unspecified atom stereocenters. The van der Waals surface area contributed by atoms with Crippen LogP contribution in [0.5, 0.6) is 0 Å². The Hall–Kier alpha value is -2.39. The number of nitrogens with one attached hydrogen (secondary N) is 1. The Kier molecular flexibility index (Phi) is 3.90. The maximum Gasteiger partial charge on any atom is 0.162 e. The number of carbonyl (C=O) groups excluding carboxylic acids is 1. The highest BCUT2D eigenvalue weighted by Crippen LogP contribution is 2.46. The lowest BCUT2D eigenvalue weighted by molar-refractivity contribution is 0.0966. The maximum atomic E-state index is 12.4. The van der Waals surface area contributed by atoms with E-state index in [1.54, 1.807) is 0 Å². The van der Waals surface area contributed by atoms with Crippen molar-refractivity contribution in [1.29, 1.82) is 0 Å². The number of ketones is 1. The molecule has 0 spiro atoms. The topological polar surface area (TPSA) is 36.1 Å². The number of fused-ring (bicyclic) bond motifs is 6. The van der Waals surface area contributed by atoms with E-state index in [0.717, 1.165) is 24.9 Å². The molecule has 26 heavy (non-hydrogen) atoms. The second-order valence-electron chi connectivity index (χ2n) is 7.64. The van der Waals surface area contributed by atoms with E-state index in [1.165, 1.54) is 35.0 Å². The number of hydrogen-bond donors (Lipinski definition) is 1. The average molecular weight is 344 g/mol. The minimum absolute atomic E-state index is 0.266. The lowest BCUT2D eigenvalue weighted by atomic mass is 9.96. The van der Waals surface area contributed by atoms with E-state index in [-0.39, 0.29) is 5.78 Å². The summed E-state index contributed by atoms with van der Waals surface area (Å²) in [6.45, 7) is 1.02. The monoisotopic (exact) mass is 344 g/mol. The first-order valence-electron chi connectivity index (χ1n) is 9.75. The molecule has 3 heteroatoms. The van der Waals surface area contributed by atoms with Gasteiger partial charge < -0.3 is 4.98 Å². The van der Waals surface area contributed by atoms with E-state index in [0.29, 0.717) is 18.5 Å². The second-order valence-corrected chi connectivity index (χ2v) is 7.64. The van der Waals surface area contributed by atoms with Crippen molar-refractivity contribution in [2.24, 2.45) is 0 Å². The number of Topliss-reactive ketones (excluding diaryl/α,β-unsaturated/α-hetero) is 1. The molecule has 2 aliphatic heterocycles. The lowest BCUT2D eigenvalue weighted by Gasteiger charge is -2.35. The van der Waals surface area contributed by atoms with Gasteiger partial charge in [-0.25, -0.2) is 0 Å². The molecule has 2 bridgehead atoms. The largest absolute Gasteiger partial charge is 0.358 e. The summed E-state index contributed by atoms with van der Waals surface area (Å²) < 4.78 is 0. The van der Waals surface area contributed by atoms with E-state index < -0.39 is 0 Å². The van der Waals surface area contributed by atoms with E-state index >= 15 is 0 Å². The molecule has 0 saturated carbocycles. The predicted molar refractivity (Wildman–Crippen MR) is 104 cm³/mol. The van der Waals surface area contributed by atoms with Crippen molar-refractivity contribution in [2.75, 3.05) is 6.54 Å². The van der Waals surface area contributed by atoms with E-state index in [4.69, 9.17) is 0 Å². The molecule has 5 rings (SSSR count). The Morgan fingerprint density at radius 2 is 1.85 bits per heavy atom. The first-order valence-corrected chi connectivity index (χ1v) is 9.75. The summed E-state index contributed by atoms with van der Waals surface area (Å²) in [6.07, 6.45) is 5.21. The summed E-state index contributed by atoms with van der Waals surface area (Å²) >= 11 is 0. The van der Waals surface area contributed by atoms with Crippen LogP contribution in [0.4, 0.5) is 0 Å². The van der Waals surface area contributed by atoms with Crippen LogP contribution in [0.2, 0.25) is 0 Å². The molecule has 2 aliphatic rings. The van der Waals surface area contributed by atoms with Gasteiger partial charge in [0.1, 0.15) is 0 Å². The van der Waals surface area contributed by atoms with E-state index in [2.05, 4.69) is 34.1 Å². The summed E-state index contributed by atoms with van der Waals surface area (Å²) in [5.41, 5.74) is 5.07. The molecule has 2 aromatic carbocycles. The smallest absolute Gasteiger partial charge is 0.162 e. The van der Waals surface area contributed by atoms with Gasteiger partial charge in [-0.15, -0.1) is 0 Å². The highest BCUT2D eigenvalue weighted by Gasteiger charge is 2.41. The fourth-order valence-electron chi connectivity index (χ4n) is 4.99. The molecule has 132 valence electrons. The fraction of sp³-hybridized carbons (Fsp3) is 0.348. The Balaban J connectivity index is 1.31. The van der Waals surface area contributed by atoms with Crippen LogP contribution in [0, 0.1) is 0 Å². The van der Waals surface area contributed by atoms with Crippen LogP contribution in [0.3, 0.4) is 0 Å². The van der Waals surface area contributed by atoms with Crippen molar-refractivity contribution in [3.05, 3.63) is 71.4 Å². The number of aromatic amines is 1. The minimum Gasteiger partial charge on any atom is -0.358 e. The summed E-state index contributed by atoms with van der Waals surface area (Å²) in [5.74, 6) is 0.266. The third-order valence-corrected chi connectivity index (χ3v) is 6.16. The highest BCUT2D eigenvalue weighted by atomic mass is 16.1. The number of carbonyl (C=O) groups is 1. The average Bonchev–Trinajstić information content (AvgIpc) is 3.18. The Morgan fingerprint density at radius 1 is 1.04 bits per heavy atom. The van der Waals surface area contributed by atoms with Gasteiger partial charge in [0, 0.05) is 47.1 Å². The van der Waals surface area contributed by atoms with Crippen molar-refractivity contribution in [3.8, 4) is 0 Å². The molecule has 0 aliphatic carbocycles. The predicted octanol–water partition coefficient (Wildman–Crippen LogP) is 4.89. The van der Waals surface area contributed by atoms with Crippen molar-refractivity contribution in [1.82, 2.24) is 9.88 Å². The van der Waals surface area contributed by atoms with E-state index in [1.807, 2.05) is 30.3 Å². The molecular formula is C23H24N2O. The second kappa shape index (κ2) is 6.40. The van der Waals surface area contributed by atoms with Gasteiger partial charge in [0.2, 0.25) is 0 Å². The van der Waals surface area contributed by atoms with Crippen molar-refractivity contribution < 1.29 is 4.79 Å². The van der Waals surface area contributed by atoms with Crippen LogP contribution in [0.25, 0.3) is 10.9 Å². The van der Waals surface area contributed by atoms with Gasteiger partial charge in [0.05, 0.1) is 0 Å². The van der Waals surface area contributed by atoms with Crippen LogP contribution >= 0.6 is 0 Å². The summed E-state index contributed by atoms with van der Waals surface area (Å²) in [4.78, 5) is 18.7. The SMILES string of the molecule is O=C(CCCN1[C@H]2CC[C@@H]1c1c([nH]c3ccccc13)C2)c1ccccc1. The first kappa shape index (κ1) is 15.8. The van der Waals surface area contributed by atoms with Gasteiger partial charge in [-0.3, -0.25) is 9.69 Å². The van der Waals surface area contributed by atoms with Crippen LogP contribution in [-0.2, 0) is 6.42 Å². The minimum atomic E-state index is 0.266. The molecule has 3 nitrogen and oxygen atoms in total. The van der Waals surface area contributed by atoms with Crippen molar-refractivity contribution in [2.45, 2.75) is 44.2 Å². The molecule has 1 fully saturated rings. The van der Waals surface area contributed by atoms with Gasteiger partial charge in [-0.05, 0) is 37.4 Å². The number of H-pyrrole nitrogens is 1. The fourth-order valence-corrected chi connectivity index (χ4v) is 4.99. The summed E-state index contributed by atoms with van der Waals surface area (Å²) in [7, 11) is 0. The molecule has 3 heterocycles. The molecule has 2 atom stereocenters. The van der Waals surface area contributed by atoms with Crippen molar-refractivity contribution in [3.63, 3.8) is 0 Å². The first-order chi connectivity index (χ1) is 12.8. The number of para-hydroxylation sites is 1. The van der Waals surface area contributed by atoms with Crippen molar-refractivity contribution >= 4 is 16.7 Å². The zero-order valence-electron chi connectivity index (χ0n) is 14.9. The van der Waals surface area contributed by atoms with Crippen LogP contribution in [0.15, 0.2) is 54.6 Å². The molecule has 1 aromatic heterocycles. The van der Waals surface area contributed by atoms with Crippen LogP contribution in [-0.4, -0.2) is 28.3 Å². The van der Waals surface area contributed by atoms with Gasteiger partial charge in [0.15, 0.2) is 5.78 Å². The molecule has 1 N–H and O–H groups in total. The molecular weight excluding hydrogens is 320 g/mol. The third kappa shape index (κ3) is 2.58. The Bertz CT molecular complexity index is 943. The molecule has 0 amide bonds. The van der Waals surface area contributed by atoms with Gasteiger partial charge >= 0.3 is 0 Å². The third-order valence-electron chi connectivity index (χ3n) is 6.16. The Morgan fingerprint density at radius 3 is 2.73 bits per heavy atom. The number of aromatic nitrogens is 1. The number of rotatable bonds is 5. The van der Waals surface area contributed by atoms with Crippen LogP contribution in [0.1, 0.15) is 53.3 Å². The number of benzene rings is 2. The van der Waals surface area contributed by atoms with Gasteiger partial charge in [-0.1, -0.05) is 48.5 Å². The summed E-state index contributed by atoms with van der Waals surface area (Å²) in [5, 5.41) is 1.39. The quantitative estimate of drug-likeness (QED) is 0.669. The van der Waals surface area contributed by atoms with E-state index in [9.17, 15) is 4.79 Å². The number of nitrogens with zero attached hydrogens (tertiary/aromatic N) is 1. The number of hydrogen-bond acceptors (Lipinski definition) is 2. The maximum absolute atomic E-state index is 12.4. The van der Waals surface area contributed by atoms with Gasteiger partial charge in [-0.2, -0.15) is 0 Å². The highest BCUT2D eigenvalue weighted by molar-refractivity contribution is 5.95. The zero-order chi connectivity index (χ0) is 17.5. The van der Waals surface area contributed by atoms with Gasteiger partial charge in [0.25, 0.3) is 0 Å².